The number of hydrogen-bond acceptors (Lipinski definition) is 2. The van der Waals surface area contributed by atoms with Crippen LogP contribution in [-0.4, -0.2) is 23.9 Å². The minimum absolute atomic E-state index is 0.287. The van der Waals surface area contributed by atoms with Crippen molar-refractivity contribution in [2.45, 2.75) is 50.7 Å². The van der Waals surface area contributed by atoms with Crippen LogP contribution in [-0.2, 0) is 4.74 Å². The van der Waals surface area contributed by atoms with Gasteiger partial charge in [-0.05, 0) is 44.4 Å². The third kappa shape index (κ3) is 1.50. The first-order chi connectivity index (χ1) is 6.18. The van der Waals surface area contributed by atoms with Gasteiger partial charge in [-0.15, -0.1) is 0 Å². The molecular weight excluding hydrogens is 164 g/mol. The molecule has 0 radical (unpaired) electrons. The maximum absolute atomic E-state index is 10.2. The topological polar surface area (TPSA) is 29.5 Å². The third-order valence-electron chi connectivity index (χ3n) is 4.04. The van der Waals surface area contributed by atoms with E-state index in [2.05, 4.69) is 6.92 Å². The number of hydrogen-bond donors (Lipinski definition) is 1. The summed E-state index contributed by atoms with van der Waals surface area (Å²) in [4.78, 5) is 0. The van der Waals surface area contributed by atoms with E-state index in [1.165, 1.54) is 19.3 Å². The normalized spacial score (nSPS) is 44.5. The predicted molar refractivity (Wildman–Crippen MR) is 51.5 cm³/mol. The Balaban J connectivity index is 1.77. The maximum atomic E-state index is 10.2. The van der Waals surface area contributed by atoms with Crippen LogP contribution in [0.25, 0.3) is 0 Å². The Bertz CT molecular complexity index is 181. The molecule has 2 nitrogen and oxygen atoms in total. The van der Waals surface area contributed by atoms with Gasteiger partial charge in [-0.1, -0.05) is 6.42 Å². The van der Waals surface area contributed by atoms with Gasteiger partial charge in [-0.3, -0.25) is 0 Å². The summed E-state index contributed by atoms with van der Waals surface area (Å²) in [5, 5.41) is 10.2. The highest BCUT2D eigenvalue weighted by atomic mass is 16.5. The van der Waals surface area contributed by atoms with E-state index in [1.54, 1.807) is 7.11 Å². The summed E-state index contributed by atoms with van der Waals surface area (Å²) < 4.78 is 5.18. The van der Waals surface area contributed by atoms with E-state index < -0.39 is 0 Å². The lowest BCUT2D eigenvalue weighted by molar-refractivity contribution is 0.0570. The van der Waals surface area contributed by atoms with E-state index in [0.717, 1.165) is 12.8 Å². The second kappa shape index (κ2) is 3.25. The van der Waals surface area contributed by atoms with Crippen LogP contribution >= 0.6 is 0 Å². The van der Waals surface area contributed by atoms with Crippen molar-refractivity contribution in [2.75, 3.05) is 7.11 Å². The van der Waals surface area contributed by atoms with Crippen LogP contribution in [0.2, 0.25) is 0 Å². The highest BCUT2D eigenvalue weighted by molar-refractivity contribution is 5.14. The minimum Gasteiger partial charge on any atom is -0.389 e. The lowest BCUT2D eigenvalue weighted by Crippen LogP contribution is -2.18. The van der Waals surface area contributed by atoms with Gasteiger partial charge in [0.05, 0.1) is 11.7 Å². The molecule has 2 saturated carbocycles. The summed E-state index contributed by atoms with van der Waals surface area (Å²) in [5.41, 5.74) is -0.287. The molecule has 1 N–H and O–H groups in total. The average Bonchev–Trinajstić information content (AvgIpc) is 2.60. The molecule has 0 amide bonds. The third-order valence-corrected chi connectivity index (χ3v) is 4.04. The zero-order valence-electron chi connectivity index (χ0n) is 8.62. The van der Waals surface area contributed by atoms with Gasteiger partial charge in [-0.2, -0.15) is 0 Å². The Morgan fingerprint density at radius 1 is 1.46 bits per heavy atom. The van der Waals surface area contributed by atoms with Crippen molar-refractivity contribution in [1.82, 2.24) is 0 Å². The van der Waals surface area contributed by atoms with Crippen LogP contribution < -0.4 is 0 Å². The first-order valence-electron chi connectivity index (χ1n) is 5.43. The van der Waals surface area contributed by atoms with Crippen molar-refractivity contribution in [3.8, 4) is 0 Å². The quantitative estimate of drug-likeness (QED) is 0.723. The van der Waals surface area contributed by atoms with Crippen LogP contribution in [0.15, 0.2) is 0 Å². The van der Waals surface area contributed by atoms with Crippen molar-refractivity contribution in [1.29, 1.82) is 0 Å². The van der Waals surface area contributed by atoms with Crippen LogP contribution in [0.1, 0.15) is 39.0 Å². The largest absolute Gasteiger partial charge is 0.389 e. The Morgan fingerprint density at radius 3 is 2.62 bits per heavy atom. The van der Waals surface area contributed by atoms with Gasteiger partial charge in [0, 0.05) is 7.11 Å². The van der Waals surface area contributed by atoms with Gasteiger partial charge in [-0.25, -0.2) is 0 Å². The van der Waals surface area contributed by atoms with E-state index in [9.17, 15) is 5.11 Å². The maximum Gasteiger partial charge on any atom is 0.0712 e. The first-order valence-corrected chi connectivity index (χ1v) is 5.43. The highest BCUT2D eigenvalue weighted by Gasteiger charge is 2.64. The van der Waals surface area contributed by atoms with Crippen molar-refractivity contribution in [3.63, 3.8) is 0 Å². The van der Waals surface area contributed by atoms with Gasteiger partial charge in [0.15, 0.2) is 0 Å². The number of methoxy groups -OCH3 is 1. The molecule has 2 aliphatic rings. The SMILES string of the molecule is COC(C)CCC1(O)C2CCCC21. The van der Waals surface area contributed by atoms with Crippen molar-refractivity contribution in [2.24, 2.45) is 11.8 Å². The fourth-order valence-corrected chi connectivity index (χ4v) is 2.97. The smallest absolute Gasteiger partial charge is 0.0712 e. The molecule has 2 heteroatoms. The molecule has 2 rings (SSSR count). The summed E-state index contributed by atoms with van der Waals surface area (Å²) >= 11 is 0. The molecule has 2 fully saturated rings. The van der Waals surface area contributed by atoms with Crippen LogP contribution in [0.5, 0.6) is 0 Å². The van der Waals surface area contributed by atoms with Crippen LogP contribution in [0.4, 0.5) is 0 Å². The summed E-state index contributed by atoms with van der Waals surface area (Å²) in [6, 6.07) is 0. The van der Waals surface area contributed by atoms with Crippen molar-refractivity contribution in [3.05, 3.63) is 0 Å². The van der Waals surface area contributed by atoms with E-state index in [1.807, 2.05) is 0 Å². The number of rotatable bonds is 4. The van der Waals surface area contributed by atoms with E-state index in [0.29, 0.717) is 17.9 Å². The lowest BCUT2D eigenvalue weighted by Gasteiger charge is -2.16. The fraction of sp³-hybridized carbons (Fsp3) is 1.00. The lowest BCUT2D eigenvalue weighted by atomic mass is 10.0. The molecule has 0 bridgehead atoms. The fourth-order valence-electron chi connectivity index (χ4n) is 2.97. The van der Waals surface area contributed by atoms with Crippen molar-refractivity contribution >= 4 is 0 Å². The molecule has 0 aromatic heterocycles. The van der Waals surface area contributed by atoms with Crippen molar-refractivity contribution < 1.29 is 9.84 Å². The van der Waals surface area contributed by atoms with Crippen LogP contribution in [0, 0.1) is 11.8 Å². The van der Waals surface area contributed by atoms with Gasteiger partial charge >= 0.3 is 0 Å². The molecule has 76 valence electrons. The zero-order chi connectivity index (χ0) is 9.47. The highest BCUT2D eigenvalue weighted by Crippen LogP contribution is 2.62. The first kappa shape index (κ1) is 9.47. The molecule has 0 saturated heterocycles. The molecule has 0 aliphatic heterocycles. The Morgan fingerprint density at radius 2 is 2.08 bits per heavy atom. The molecule has 0 aromatic carbocycles. The van der Waals surface area contributed by atoms with Gasteiger partial charge < -0.3 is 9.84 Å². The van der Waals surface area contributed by atoms with Gasteiger partial charge in [0.1, 0.15) is 0 Å². The predicted octanol–water partition coefficient (Wildman–Crippen LogP) is 1.96. The van der Waals surface area contributed by atoms with E-state index in [4.69, 9.17) is 4.74 Å². The summed E-state index contributed by atoms with van der Waals surface area (Å²) in [6.45, 7) is 2.07. The molecule has 3 atom stereocenters. The molecule has 0 spiro atoms. The number of aliphatic hydroxyl groups is 1. The van der Waals surface area contributed by atoms with E-state index in [-0.39, 0.29) is 5.60 Å². The van der Waals surface area contributed by atoms with Crippen LogP contribution in [0.3, 0.4) is 0 Å². The van der Waals surface area contributed by atoms with E-state index >= 15 is 0 Å². The minimum atomic E-state index is -0.287. The molecule has 2 aliphatic carbocycles. The average molecular weight is 184 g/mol. The molecule has 0 aromatic rings. The summed E-state index contributed by atoms with van der Waals surface area (Å²) in [7, 11) is 1.74. The molecular formula is C11H20O2. The number of ether oxygens (including phenoxy) is 1. The standard InChI is InChI=1S/C11H20O2/c1-8(13-2)6-7-11(12)9-4-3-5-10(9)11/h8-10,12H,3-7H2,1-2H3. The second-order valence-corrected chi connectivity index (χ2v) is 4.72. The zero-order valence-corrected chi connectivity index (χ0v) is 8.62. The second-order valence-electron chi connectivity index (χ2n) is 4.72. The van der Waals surface area contributed by atoms with Gasteiger partial charge in [0.2, 0.25) is 0 Å². The number of fused-ring (bicyclic) bond motifs is 1. The Kier molecular flexibility index (Phi) is 2.37. The Hall–Kier alpha value is -0.0800. The van der Waals surface area contributed by atoms with Gasteiger partial charge in [0.25, 0.3) is 0 Å². The molecule has 13 heavy (non-hydrogen) atoms. The molecule has 3 unspecified atom stereocenters. The summed E-state index contributed by atoms with van der Waals surface area (Å²) in [5.74, 6) is 1.27. The molecule has 0 heterocycles. The summed E-state index contributed by atoms with van der Waals surface area (Å²) in [6.07, 6.45) is 6.07. The Labute approximate surface area is 80.3 Å². The monoisotopic (exact) mass is 184 g/mol.